The molecule has 0 saturated carbocycles. The first-order valence-electron chi connectivity index (χ1n) is 7.28. The van der Waals surface area contributed by atoms with Crippen molar-refractivity contribution >= 4 is 35.2 Å². The third kappa shape index (κ3) is 4.38. The van der Waals surface area contributed by atoms with E-state index in [0.717, 1.165) is 24.0 Å². The van der Waals surface area contributed by atoms with Gasteiger partial charge in [-0.1, -0.05) is 43.0 Å². The molecule has 1 aliphatic heterocycles. The van der Waals surface area contributed by atoms with Gasteiger partial charge >= 0.3 is 5.97 Å². The molecule has 6 heteroatoms. The van der Waals surface area contributed by atoms with Gasteiger partial charge in [-0.3, -0.25) is 4.79 Å². The van der Waals surface area contributed by atoms with E-state index >= 15 is 0 Å². The Bertz CT molecular complexity index is 587. The lowest BCUT2D eigenvalue weighted by molar-refractivity contribution is -0.139. The number of carboxylic acid groups (broad SMARTS) is 1. The Hall–Kier alpha value is -1.23. The maximum absolute atomic E-state index is 11.2. The molecule has 22 heavy (non-hydrogen) atoms. The summed E-state index contributed by atoms with van der Waals surface area (Å²) in [6.07, 6.45) is 4.42. The summed E-state index contributed by atoms with van der Waals surface area (Å²) in [5.41, 5.74) is 1.79. The molecule has 0 aliphatic carbocycles. The van der Waals surface area contributed by atoms with Crippen molar-refractivity contribution in [1.29, 1.82) is 0 Å². The van der Waals surface area contributed by atoms with Crippen molar-refractivity contribution in [2.75, 3.05) is 13.2 Å². The van der Waals surface area contributed by atoms with Gasteiger partial charge in [0.05, 0.1) is 5.02 Å². The molecule has 0 fully saturated rings. The molecular weight excluding hydrogens is 325 g/mol. The second-order valence-electron chi connectivity index (χ2n) is 5.31. The summed E-state index contributed by atoms with van der Waals surface area (Å²) in [7, 11) is 0. The van der Waals surface area contributed by atoms with Crippen LogP contribution < -0.4 is 10.1 Å². The Morgan fingerprint density at radius 1 is 1.45 bits per heavy atom. The zero-order chi connectivity index (χ0) is 16.1. The van der Waals surface area contributed by atoms with Crippen LogP contribution >= 0.6 is 23.2 Å². The maximum Gasteiger partial charge on any atom is 0.320 e. The van der Waals surface area contributed by atoms with Crippen LogP contribution in [0.4, 0.5) is 0 Å². The molecule has 1 heterocycles. The molecule has 0 saturated heterocycles. The number of hydrogen-bond acceptors (Lipinski definition) is 3. The minimum absolute atomic E-state index is 0.390. The molecule has 120 valence electrons. The molecule has 2 rings (SSSR count). The fourth-order valence-electron chi connectivity index (χ4n) is 2.34. The highest BCUT2D eigenvalue weighted by Crippen LogP contribution is 2.36. The highest BCUT2D eigenvalue weighted by atomic mass is 35.5. The standard InChI is InChI=1S/C16H19Cl2NO3/c1-2-3-4-14(16(20)21)19-8-10-5-11-6-12(17)7-13(18)15(11)22-9-10/h5-7,14,19H,2-4,8-9H2,1H3,(H,20,21)/t14-/m0/s1. The van der Waals surface area contributed by atoms with Gasteiger partial charge in [0.15, 0.2) is 0 Å². The number of carboxylic acids is 1. The normalized spacial score (nSPS) is 14.8. The maximum atomic E-state index is 11.2. The molecule has 2 N–H and O–H groups in total. The second kappa shape index (κ2) is 7.86. The molecule has 1 aromatic rings. The number of ether oxygens (including phenoxy) is 1. The van der Waals surface area contributed by atoms with Gasteiger partial charge < -0.3 is 15.2 Å². The van der Waals surface area contributed by atoms with Gasteiger partial charge in [0.25, 0.3) is 0 Å². The smallest absolute Gasteiger partial charge is 0.320 e. The van der Waals surface area contributed by atoms with Gasteiger partial charge in [-0.25, -0.2) is 0 Å². The summed E-state index contributed by atoms with van der Waals surface area (Å²) >= 11 is 12.1. The summed E-state index contributed by atoms with van der Waals surface area (Å²) in [6.45, 7) is 2.90. The Labute approximate surface area is 140 Å². The molecule has 1 atom stereocenters. The average molecular weight is 344 g/mol. The van der Waals surface area contributed by atoms with E-state index in [1.54, 1.807) is 12.1 Å². The van der Waals surface area contributed by atoms with Crippen LogP contribution in [0.1, 0.15) is 31.7 Å². The molecule has 0 radical (unpaired) electrons. The Morgan fingerprint density at radius 3 is 2.91 bits per heavy atom. The van der Waals surface area contributed by atoms with Crippen LogP contribution in [0.5, 0.6) is 5.75 Å². The molecule has 0 bridgehead atoms. The van der Waals surface area contributed by atoms with E-state index in [2.05, 4.69) is 5.32 Å². The first-order valence-corrected chi connectivity index (χ1v) is 8.04. The average Bonchev–Trinajstić information content (AvgIpc) is 2.46. The van der Waals surface area contributed by atoms with Crippen molar-refractivity contribution < 1.29 is 14.6 Å². The fraction of sp³-hybridized carbons (Fsp3) is 0.438. The van der Waals surface area contributed by atoms with Crippen molar-refractivity contribution in [1.82, 2.24) is 5.32 Å². The van der Waals surface area contributed by atoms with Crippen molar-refractivity contribution in [3.8, 4) is 5.75 Å². The number of unbranched alkanes of at least 4 members (excludes halogenated alkanes) is 1. The molecule has 0 spiro atoms. The Balaban J connectivity index is 2.04. The molecule has 0 aromatic heterocycles. The zero-order valence-electron chi connectivity index (χ0n) is 12.4. The minimum Gasteiger partial charge on any atom is -0.487 e. The van der Waals surface area contributed by atoms with E-state index < -0.39 is 12.0 Å². The summed E-state index contributed by atoms with van der Waals surface area (Å²) in [6, 6.07) is 2.89. The molecule has 1 aliphatic rings. The van der Waals surface area contributed by atoms with E-state index in [9.17, 15) is 9.90 Å². The van der Waals surface area contributed by atoms with E-state index in [0.29, 0.717) is 35.4 Å². The molecule has 4 nitrogen and oxygen atoms in total. The van der Waals surface area contributed by atoms with E-state index in [1.165, 1.54) is 0 Å². The van der Waals surface area contributed by atoms with Gasteiger partial charge in [-0.15, -0.1) is 0 Å². The number of hydrogen-bond donors (Lipinski definition) is 2. The van der Waals surface area contributed by atoms with Gasteiger partial charge in [0, 0.05) is 17.1 Å². The fourth-order valence-corrected chi connectivity index (χ4v) is 2.91. The lowest BCUT2D eigenvalue weighted by Crippen LogP contribution is -2.38. The lowest BCUT2D eigenvalue weighted by atomic mass is 10.1. The Morgan fingerprint density at radius 2 is 2.23 bits per heavy atom. The Kier molecular flexibility index (Phi) is 6.12. The van der Waals surface area contributed by atoms with Crippen LogP contribution in [0.25, 0.3) is 6.08 Å². The predicted molar refractivity (Wildman–Crippen MR) is 88.9 cm³/mol. The molecule has 1 aromatic carbocycles. The van der Waals surface area contributed by atoms with E-state index in [4.69, 9.17) is 27.9 Å². The summed E-state index contributed by atoms with van der Waals surface area (Å²) < 4.78 is 5.65. The van der Waals surface area contributed by atoms with Crippen molar-refractivity contribution in [2.45, 2.75) is 32.2 Å². The third-order valence-electron chi connectivity index (χ3n) is 3.52. The number of benzene rings is 1. The van der Waals surface area contributed by atoms with Crippen LogP contribution in [0, 0.1) is 0 Å². The van der Waals surface area contributed by atoms with Gasteiger partial charge in [-0.2, -0.15) is 0 Å². The number of rotatable bonds is 7. The number of nitrogens with one attached hydrogen (secondary N) is 1. The first-order chi connectivity index (χ1) is 10.5. The topological polar surface area (TPSA) is 58.6 Å². The van der Waals surface area contributed by atoms with E-state index in [-0.39, 0.29) is 0 Å². The first kappa shape index (κ1) is 17.1. The van der Waals surface area contributed by atoms with Gasteiger partial charge in [0.1, 0.15) is 18.4 Å². The summed E-state index contributed by atoms with van der Waals surface area (Å²) in [5.74, 6) is -0.201. The third-order valence-corrected chi connectivity index (χ3v) is 4.02. The van der Waals surface area contributed by atoms with Gasteiger partial charge in [0.2, 0.25) is 0 Å². The molecular formula is C16H19Cl2NO3. The van der Waals surface area contributed by atoms with Crippen LogP contribution in [-0.2, 0) is 4.79 Å². The van der Waals surface area contributed by atoms with Crippen LogP contribution in [0.3, 0.4) is 0 Å². The second-order valence-corrected chi connectivity index (χ2v) is 6.15. The van der Waals surface area contributed by atoms with Crippen LogP contribution in [0.15, 0.2) is 17.7 Å². The van der Waals surface area contributed by atoms with Crippen LogP contribution in [-0.4, -0.2) is 30.3 Å². The molecule has 0 amide bonds. The molecule has 0 unspecified atom stereocenters. The van der Waals surface area contributed by atoms with Crippen molar-refractivity contribution in [3.05, 3.63) is 33.3 Å². The predicted octanol–water partition coefficient (Wildman–Crippen LogP) is 4.00. The zero-order valence-corrected chi connectivity index (χ0v) is 13.9. The summed E-state index contributed by atoms with van der Waals surface area (Å²) in [4.78, 5) is 11.2. The number of aliphatic carboxylic acids is 1. The SMILES string of the molecule is CCCC[C@H](NCC1=Cc2cc(Cl)cc(Cl)c2OC1)C(=O)O. The van der Waals surface area contributed by atoms with Crippen molar-refractivity contribution in [2.24, 2.45) is 0 Å². The highest BCUT2D eigenvalue weighted by Gasteiger charge is 2.19. The quantitative estimate of drug-likeness (QED) is 0.785. The lowest BCUT2D eigenvalue weighted by Gasteiger charge is -2.21. The van der Waals surface area contributed by atoms with Crippen LogP contribution in [0.2, 0.25) is 10.0 Å². The number of halogens is 2. The largest absolute Gasteiger partial charge is 0.487 e. The summed E-state index contributed by atoms with van der Waals surface area (Å²) in [5, 5.41) is 13.3. The minimum atomic E-state index is -0.822. The monoisotopic (exact) mass is 343 g/mol. The van der Waals surface area contributed by atoms with Crippen molar-refractivity contribution in [3.63, 3.8) is 0 Å². The number of carbonyl (C=O) groups is 1. The highest BCUT2D eigenvalue weighted by molar-refractivity contribution is 6.36. The van der Waals surface area contributed by atoms with E-state index in [1.807, 2.05) is 13.0 Å². The number of fused-ring (bicyclic) bond motifs is 1. The van der Waals surface area contributed by atoms with Gasteiger partial charge in [-0.05, 0) is 30.2 Å².